The van der Waals surface area contributed by atoms with Crippen LogP contribution in [0.2, 0.25) is 0 Å². The van der Waals surface area contributed by atoms with Crippen molar-refractivity contribution in [3.63, 3.8) is 0 Å². The molecule has 0 atom stereocenters. The lowest BCUT2D eigenvalue weighted by molar-refractivity contribution is 0.0250. The van der Waals surface area contributed by atoms with Crippen LogP contribution in [0.25, 0.3) is 11.6 Å². The standard InChI is InChI=1S/C20H29N5/c1-3-4-5-7-19-8-11-20(12-9-19,13-10-19)18-24-23-17(25(18)2)16-21-14-6-15-22-16/h6,14-15H,3-5,7-13H2,1-2H3. The molecule has 3 fully saturated rings. The first-order valence-corrected chi connectivity index (χ1v) is 9.85. The summed E-state index contributed by atoms with van der Waals surface area (Å²) in [6.45, 7) is 2.30. The highest BCUT2D eigenvalue weighted by atomic mass is 15.3. The van der Waals surface area contributed by atoms with Gasteiger partial charge in [0.25, 0.3) is 0 Å². The minimum atomic E-state index is 0.223. The fourth-order valence-electron chi connectivity index (χ4n) is 5.12. The highest BCUT2D eigenvalue weighted by Crippen LogP contribution is 2.59. The Kier molecular flexibility index (Phi) is 4.34. The van der Waals surface area contributed by atoms with Crippen molar-refractivity contribution in [2.45, 2.75) is 76.5 Å². The van der Waals surface area contributed by atoms with Crippen LogP contribution >= 0.6 is 0 Å². The number of hydrogen-bond acceptors (Lipinski definition) is 4. The molecule has 5 nitrogen and oxygen atoms in total. The molecule has 5 heteroatoms. The third-order valence-corrected chi connectivity index (χ3v) is 6.83. The SMILES string of the molecule is CCCCCC12CCC(c3nnc(-c4ncccn4)n3C)(CC1)CC2. The fourth-order valence-corrected chi connectivity index (χ4v) is 5.12. The summed E-state index contributed by atoms with van der Waals surface area (Å²) in [5.41, 5.74) is 0.849. The number of hydrogen-bond donors (Lipinski definition) is 0. The van der Waals surface area contributed by atoms with Gasteiger partial charge in [0.15, 0.2) is 5.82 Å². The van der Waals surface area contributed by atoms with E-state index in [9.17, 15) is 0 Å². The van der Waals surface area contributed by atoms with Crippen LogP contribution in [0.3, 0.4) is 0 Å². The van der Waals surface area contributed by atoms with E-state index >= 15 is 0 Å². The van der Waals surface area contributed by atoms with Gasteiger partial charge in [-0.25, -0.2) is 9.97 Å². The number of unbranched alkanes of at least 4 members (excludes halogenated alkanes) is 2. The topological polar surface area (TPSA) is 56.5 Å². The average molecular weight is 339 g/mol. The maximum Gasteiger partial charge on any atom is 0.201 e. The molecule has 3 saturated carbocycles. The summed E-state index contributed by atoms with van der Waals surface area (Å²) >= 11 is 0. The second-order valence-corrected chi connectivity index (χ2v) is 8.22. The Hall–Kier alpha value is -1.78. The van der Waals surface area contributed by atoms with Gasteiger partial charge in [-0.05, 0) is 56.4 Å². The van der Waals surface area contributed by atoms with Gasteiger partial charge >= 0.3 is 0 Å². The molecule has 5 rings (SSSR count). The molecule has 134 valence electrons. The van der Waals surface area contributed by atoms with Gasteiger partial charge in [-0.1, -0.05) is 26.2 Å². The molecule has 0 amide bonds. The van der Waals surface area contributed by atoms with E-state index in [0.29, 0.717) is 11.2 Å². The molecule has 2 heterocycles. The molecule has 2 aromatic heterocycles. The highest BCUT2D eigenvalue weighted by Gasteiger charge is 2.51. The predicted molar refractivity (Wildman–Crippen MR) is 98.0 cm³/mol. The molecule has 0 saturated heterocycles. The summed E-state index contributed by atoms with van der Waals surface area (Å²) in [6.07, 6.45) is 17.0. The Morgan fingerprint density at radius 2 is 1.64 bits per heavy atom. The van der Waals surface area contributed by atoms with E-state index in [-0.39, 0.29) is 5.41 Å². The number of fused-ring (bicyclic) bond motifs is 3. The smallest absolute Gasteiger partial charge is 0.201 e. The Labute approximate surface area is 150 Å². The molecule has 25 heavy (non-hydrogen) atoms. The monoisotopic (exact) mass is 339 g/mol. The largest absolute Gasteiger partial charge is 0.311 e. The number of rotatable bonds is 6. The zero-order valence-electron chi connectivity index (χ0n) is 15.5. The van der Waals surface area contributed by atoms with E-state index in [1.165, 1.54) is 64.2 Å². The fraction of sp³-hybridized carbons (Fsp3) is 0.700. The quantitative estimate of drug-likeness (QED) is 0.730. The van der Waals surface area contributed by atoms with E-state index in [2.05, 4.69) is 38.7 Å². The molecule has 3 aliphatic rings. The van der Waals surface area contributed by atoms with Crippen molar-refractivity contribution in [3.8, 4) is 11.6 Å². The van der Waals surface area contributed by atoms with Crippen molar-refractivity contribution < 1.29 is 0 Å². The lowest BCUT2D eigenvalue weighted by atomic mass is 9.52. The second-order valence-electron chi connectivity index (χ2n) is 8.22. The first kappa shape index (κ1) is 16.7. The zero-order valence-corrected chi connectivity index (χ0v) is 15.5. The third kappa shape index (κ3) is 2.87. The van der Waals surface area contributed by atoms with E-state index in [1.807, 2.05) is 6.07 Å². The lowest BCUT2D eigenvalue weighted by Crippen LogP contribution is -2.45. The Morgan fingerprint density at radius 3 is 2.28 bits per heavy atom. The summed E-state index contributed by atoms with van der Waals surface area (Å²) in [7, 11) is 2.08. The van der Waals surface area contributed by atoms with Gasteiger partial charge in [-0.2, -0.15) is 0 Å². The molecular formula is C20H29N5. The first-order chi connectivity index (χ1) is 12.2. The maximum absolute atomic E-state index is 4.61. The van der Waals surface area contributed by atoms with Gasteiger partial charge in [0.2, 0.25) is 5.82 Å². The molecule has 0 radical (unpaired) electrons. The van der Waals surface area contributed by atoms with Gasteiger partial charge in [0.1, 0.15) is 5.82 Å². The summed E-state index contributed by atoms with van der Waals surface area (Å²) < 4.78 is 2.14. The maximum atomic E-state index is 4.61. The average Bonchev–Trinajstić information content (AvgIpc) is 3.06. The predicted octanol–water partition coefficient (Wildman–Crippen LogP) is 4.44. The normalized spacial score (nSPS) is 28.4. The van der Waals surface area contributed by atoms with Gasteiger partial charge < -0.3 is 4.57 Å². The van der Waals surface area contributed by atoms with Crippen molar-refractivity contribution in [2.24, 2.45) is 12.5 Å². The summed E-state index contributed by atoms with van der Waals surface area (Å²) in [5, 5.41) is 9.05. The van der Waals surface area contributed by atoms with Gasteiger partial charge in [0.05, 0.1) is 0 Å². The molecule has 0 aliphatic heterocycles. The van der Waals surface area contributed by atoms with Crippen LogP contribution in [-0.4, -0.2) is 24.7 Å². The van der Waals surface area contributed by atoms with Crippen LogP contribution < -0.4 is 0 Å². The van der Waals surface area contributed by atoms with E-state index < -0.39 is 0 Å². The van der Waals surface area contributed by atoms with Crippen LogP contribution in [0.5, 0.6) is 0 Å². The number of nitrogens with zero attached hydrogens (tertiary/aromatic N) is 5. The van der Waals surface area contributed by atoms with Crippen molar-refractivity contribution in [3.05, 3.63) is 24.3 Å². The van der Waals surface area contributed by atoms with Crippen molar-refractivity contribution >= 4 is 0 Å². The summed E-state index contributed by atoms with van der Waals surface area (Å²) in [5.74, 6) is 2.60. The van der Waals surface area contributed by atoms with E-state index in [4.69, 9.17) is 0 Å². The minimum Gasteiger partial charge on any atom is -0.311 e. The van der Waals surface area contributed by atoms with Crippen LogP contribution in [0.1, 0.15) is 77.0 Å². The minimum absolute atomic E-state index is 0.223. The Morgan fingerprint density at radius 1 is 0.960 bits per heavy atom. The molecule has 3 aliphatic carbocycles. The summed E-state index contributed by atoms with van der Waals surface area (Å²) in [6, 6.07) is 1.83. The molecule has 2 aromatic rings. The molecule has 0 aromatic carbocycles. The number of aromatic nitrogens is 5. The second kappa shape index (κ2) is 6.50. The van der Waals surface area contributed by atoms with Crippen molar-refractivity contribution in [2.75, 3.05) is 0 Å². The van der Waals surface area contributed by atoms with E-state index in [0.717, 1.165) is 11.6 Å². The first-order valence-electron chi connectivity index (χ1n) is 9.85. The molecule has 2 bridgehead atoms. The molecular weight excluding hydrogens is 310 g/mol. The van der Waals surface area contributed by atoms with Crippen LogP contribution in [-0.2, 0) is 12.5 Å². The third-order valence-electron chi connectivity index (χ3n) is 6.83. The summed E-state index contributed by atoms with van der Waals surface area (Å²) in [4.78, 5) is 8.69. The molecule has 0 unspecified atom stereocenters. The van der Waals surface area contributed by atoms with E-state index in [1.54, 1.807) is 12.4 Å². The van der Waals surface area contributed by atoms with Gasteiger partial charge in [-0.3, -0.25) is 0 Å². The lowest BCUT2D eigenvalue weighted by Gasteiger charge is -2.53. The highest BCUT2D eigenvalue weighted by molar-refractivity contribution is 5.43. The Balaban J connectivity index is 1.54. The van der Waals surface area contributed by atoms with Crippen LogP contribution in [0.15, 0.2) is 18.5 Å². The van der Waals surface area contributed by atoms with Crippen molar-refractivity contribution in [1.29, 1.82) is 0 Å². The van der Waals surface area contributed by atoms with Crippen LogP contribution in [0.4, 0.5) is 0 Å². The van der Waals surface area contributed by atoms with Gasteiger partial charge in [-0.15, -0.1) is 10.2 Å². The Bertz CT molecular complexity index is 696. The van der Waals surface area contributed by atoms with Crippen LogP contribution in [0, 0.1) is 5.41 Å². The van der Waals surface area contributed by atoms with Crippen molar-refractivity contribution in [1.82, 2.24) is 24.7 Å². The zero-order chi connectivity index (χ0) is 17.3. The molecule has 0 spiro atoms. The molecule has 0 N–H and O–H groups in total. The van der Waals surface area contributed by atoms with Gasteiger partial charge in [0, 0.05) is 24.9 Å².